The van der Waals surface area contributed by atoms with Gasteiger partial charge in [0.25, 0.3) is 5.91 Å². The van der Waals surface area contributed by atoms with Crippen molar-refractivity contribution in [3.8, 4) is 0 Å². The van der Waals surface area contributed by atoms with Gasteiger partial charge in [0, 0.05) is 0 Å². The van der Waals surface area contributed by atoms with Crippen LogP contribution in [0.5, 0.6) is 0 Å². The molecule has 1 aliphatic rings. The molecule has 6 heteroatoms. The number of aryl methyl sites for hydroxylation is 1. The Morgan fingerprint density at radius 2 is 1.62 bits per heavy atom. The summed E-state index contributed by atoms with van der Waals surface area (Å²) in [4.78, 5) is 26.8. The summed E-state index contributed by atoms with van der Waals surface area (Å²) in [6.45, 7) is 5.93. The van der Waals surface area contributed by atoms with Crippen LogP contribution in [-0.2, 0) is 9.53 Å². The fourth-order valence-corrected chi connectivity index (χ4v) is 4.50. The number of amides is 3. The van der Waals surface area contributed by atoms with E-state index in [-0.39, 0.29) is 25.2 Å². The Kier molecular flexibility index (Phi) is 8.04. The first kappa shape index (κ1) is 24.0. The first-order chi connectivity index (χ1) is 15.4. The van der Waals surface area contributed by atoms with E-state index in [0.29, 0.717) is 12.8 Å². The minimum atomic E-state index is -0.987. The van der Waals surface area contributed by atoms with Crippen LogP contribution in [0.4, 0.5) is 4.79 Å². The van der Waals surface area contributed by atoms with Crippen LogP contribution in [0.3, 0.4) is 0 Å². The lowest BCUT2D eigenvalue weighted by Crippen LogP contribution is -2.47. The average molecular weight is 439 g/mol. The highest BCUT2D eigenvalue weighted by molar-refractivity contribution is 6.07. The Balaban J connectivity index is 1.71. The standard InChI is InChI=1S/C26H34N2O4/c1-4-15-26(16-5-2)24(30)28(25(31)27-26)17-21(29)18-32-23(20-12-7-6-8-13-20)22-14-10-9-11-19(22)3/h6-14,21,23,29H,4-5,15-18H2,1-3H3,(H,27,31)/t21-,23-/m0/s1. The number of rotatable bonds is 11. The number of benzene rings is 2. The fraction of sp³-hybridized carbons (Fsp3) is 0.462. The molecule has 172 valence electrons. The van der Waals surface area contributed by atoms with Crippen LogP contribution in [0.2, 0.25) is 0 Å². The summed E-state index contributed by atoms with van der Waals surface area (Å²) >= 11 is 0. The molecule has 3 amide bonds. The van der Waals surface area contributed by atoms with Crippen molar-refractivity contribution in [2.45, 2.75) is 64.2 Å². The Bertz CT molecular complexity index is 909. The Morgan fingerprint density at radius 1 is 1.00 bits per heavy atom. The van der Waals surface area contributed by atoms with E-state index in [1.807, 2.05) is 75.4 Å². The molecule has 0 bridgehead atoms. The van der Waals surface area contributed by atoms with E-state index in [1.165, 1.54) is 0 Å². The number of nitrogens with one attached hydrogen (secondary N) is 1. The molecule has 32 heavy (non-hydrogen) atoms. The number of aliphatic hydroxyl groups is 1. The molecule has 0 unspecified atom stereocenters. The SMILES string of the molecule is CCCC1(CCC)NC(=O)N(C[C@H](O)CO[C@@H](c2ccccc2)c2ccccc2C)C1=O. The van der Waals surface area contributed by atoms with E-state index in [2.05, 4.69) is 5.32 Å². The number of urea groups is 1. The molecule has 0 aromatic heterocycles. The highest BCUT2D eigenvalue weighted by Gasteiger charge is 2.50. The van der Waals surface area contributed by atoms with Gasteiger partial charge in [-0.15, -0.1) is 0 Å². The van der Waals surface area contributed by atoms with Gasteiger partial charge in [0.05, 0.1) is 19.3 Å². The van der Waals surface area contributed by atoms with Gasteiger partial charge in [-0.3, -0.25) is 9.69 Å². The predicted octanol–water partition coefficient (Wildman–Crippen LogP) is 4.35. The number of carbonyl (C=O) groups is 2. The molecular weight excluding hydrogens is 404 g/mol. The minimum Gasteiger partial charge on any atom is -0.389 e. The Morgan fingerprint density at radius 3 is 2.25 bits per heavy atom. The van der Waals surface area contributed by atoms with Crippen molar-refractivity contribution >= 4 is 11.9 Å². The molecule has 2 atom stereocenters. The lowest BCUT2D eigenvalue weighted by Gasteiger charge is -2.26. The zero-order valence-electron chi connectivity index (χ0n) is 19.2. The molecule has 2 N–H and O–H groups in total. The van der Waals surface area contributed by atoms with Crippen molar-refractivity contribution in [1.82, 2.24) is 10.2 Å². The van der Waals surface area contributed by atoms with E-state index in [9.17, 15) is 14.7 Å². The van der Waals surface area contributed by atoms with Crippen LogP contribution < -0.4 is 5.32 Å². The van der Waals surface area contributed by atoms with Crippen molar-refractivity contribution in [2.75, 3.05) is 13.2 Å². The maximum absolute atomic E-state index is 13.1. The third-order valence-corrected chi connectivity index (χ3v) is 6.02. The van der Waals surface area contributed by atoms with E-state index < -0.39 is 17.7 Å². The third kappa shape index (κ3) is 5.19. The molecule has 3 rings (SSSR count). The summed E-state index contributed by atoms with van der Waals surface area (Å²) in [5, 5.41) is 13.6. The van der Waals surface area contributed by atoms with Gasteiger partial charge in [-0.1, -0.05) is 81.3 Å². The van der Waals surface area contributed by atoms with Crippen molar-refractivity contribution in [1.29, 1.82) is 0 Å². The number of β-amino-alcohol motifs (C(OH)–C–C–N with tert-alkyl or cyclic N) is 1. The monoisotopic (exact) mass is 438 g/mol. The molecule has 1 saturated heterocycles. The molecule has 0 radical (unpaired) electrons. The molecule has 1 heterocycles. The van der Waals surface area contributed by atoms with Crippen LogP contribution in [0.1, 0.15) is 62.3 Å². The molecule has 1 aliphatic heterocycles. The molecule has 1 fully saturated rings. The van der Waals surface area contributed by atoms with E-state index >= 15 is 0 Å². The lowest BCUT2D eigenvalue weighted by molar-refractivity contribution is -0.133. The maximum atomic E-state index is 13.1. The number of hydrogen-bond donors (Lipinski definition) is 2. The Hall–Kier alpha value is -2.70. The van der Waals surface area contributed by atoms with Gasteiger partial charge in [0.1, 0.15) is 11.6 Å². The van der Waals surface area contributed by atoms with Crippen LogP contribution in [0, 0.1) is 6.92 Å². The first-order valence-electron chi connectivity index (χ1n) is 11.5. The molecule has 6 nitrogen and oxygen atoms in total. The predicted molar refractivity (Wildman–Crippen MR) is 124 cm³/mol. The summed E-state index contributed by atoms with van der Waals surface area (Å²) < 4.78 is 6.16. The van der Waals surface area contributed by atoms with Crippen LogP contribution in [0.25, 0.3) is 0 Å². The summed E-state index contributed by atoms with van der Waals surface area (Å²) in [5.74, 6) is -0.247. The van der Waals surface area contributed by atoms with Crippen LogP contribution >= 0.6 is 0 Å². The van der Waals surface area contributed by atoms with Gasteiger partial charge in [-0.25, -0.2) is 4.79 Å². The van der Waals surface area contributed by atoms with Gasteiger partial charge in [-0.2, -0.15) is 0 Å². The van der Waals surface area contributed by atoms with Gasteiger partial charge >= 0.3 is 6.03 Å². The lowest BCUT2D eigenvalue weighted by atomic mass is 9.88. The number of aliphatic hydroxyl groups excluding tert-OH is 1. The molecule has 2 aromatic carbocycles. The second-order valence-electron chi connectivity index (χ2n) is 8.56. The van der Waals surface area contributed by atoms with Crippen molar-refractivity contribution < 1.29 is 19.4 Å². The van der Waals surface area contributed by atoms with Crippen LogP contribution in [0.15, 0.2) is 54.6 Å². The van der Waals surface area contributed by atoms with Gasteiger partial charge in [-0.05, 0) is 36.5 Å². The number of hydrogen-bond acceptors (Lipinski definition) is 4. The molecule has 2 aromatic rings. The molecular formula is C26H34N2O4. The highest BCUT2D eigenvalue weighted by Crippen LogP contribution is 2.30. The zero-order valence-corrected chi connectivity index (χ0v) is 19.2. The molecule has 0 aliphatic carbocycles. The fourth-order valence-electron chi connectivity index (χ4n) is 4.50. The van der Waals surface area contributed by atoms with Crippen molar-refractivity contribution in [2.24, 2.45) is 0 Å². The van der Waals surface area contributed by atoms with Crippen molar-refractivity contribution in [3.63, 3.8) is 0 Å². The average Bonchev–Trinajstić information content (AvgIpc) is 3.00. The summed E-state index contributed by atoms with van der Waals surface area (Å²) in [7, 11) is 0. The van der Waals surface area contributed by atoms with E-state index in [4.69, 9.17) is 4.74 Å². The Labute approximate surface area is 190 Å². The van der Waals surface area contributed by atoms with E-state index in [1.54, 1.807) is 0 Å². The minimum absolute atomic E-state index is 0.000485. The van der Waals surface area contributed by atoms with Crippen molar-refractivity contribution in [3.05, 3.63) is 71.3 Å². The summed E-state index contributed by atoms with van der Waals surface area (Å²) in [5.41, 5.74) is 2.24. The molecule has 0 spiro atoms. The molecule has 0 saturated carbocycles. The first-order valence-corrected chi connectivity index (χ1v) is 11.5. The van der Waals surface area contributed by atoms with Gasteiger partial charge < -0.3 is 15.2 Å². The third-order valence-electron chi connectivity index (χ3n) is 6.02. The topological polar surface area (TPSA) is 78.9 Å². The van der Waals surface area contributed by atoms with Crippen LogP contribution in [-0.4, -0.2) is 46.7 Å². The highest BCUT2D eigenvalue weighted by atomic mass is 16.5. The second-order valence-corrected chi connectivity index (χ2v) is 8.56. The maximum Gasteiger partial charge on any atom is 0.325 e. The normalized spacial score (nSPS) is 17.3. The smallest absolute Gasteiger partial charge is 0.325 e. The largest absolute Gasteiger partial charge is 0.389 e. The van der Waals surface area contributed by atoms with E-state index in [0.717, 1.165) is 34.4 Å². The number of imide groups is 1. The quantitative estimate of drug-likeness (QED) is 0.511. The number of ether oxygens (including phenoxy) is 1. The zero-order chi connectivity index (χ0) is 23.1. The number of nitrogens with zero attached hydrogens (tertiary/aromatic N) is 1. The number of carbonyl (C=O) groups excluding carboxylic acids is 2. The van der Waals surface area contributed by atoms with Gasteiger partial charge in [0.15, 0.2) is 0 Å². The summed E-state index contributed by atoms with van der Waals surface area (Å²) in [6.07, 6.45) is 1.44. The second kappa shape index (κ2) is 10.7. The summed E-state index contributed by atoms with van der Waals surface area (Å²) in [6, 6.07) is 17.4. The van der Waals surface area contributed by atoms with Gasteiger partial charge in [0.2, 0.25) is 0 Å².